The van der Waals surface area contributed by atoms with Crippen molar-refractivity contribution < 1.29 is 48.3 Å². The molecule has 238 valence electrons. The van der Waals surface area contributed by atoms with Gasteiger partial charge in [0.25, 0.3) is 0 Å². The minimum Gasteiger partial charge on any atom is -0.455 e. The monoisotopic (exact) mass is 680 g/mol. The second-order valence-corrected chi connectivity index (χ2v) is 10.8. The zero-order valence-electron chi connectivity index (χ0n) is 57.4. The maximum Gasteiger partial charge on any atom is 0.143 e. The quantitative estimate of drug-likeness (QED) is 0.165. The van der Waals surface area contributed by atoms with Crippen LogP contribution in [0.1, 0.15) is 43.9 Å². The first-order chi connectivity index (χ1) is 38.6. The lowest BCUT2D eigenvalue weighted by atomic mass is 9.83. The molecule has 0 spiro atoms. The number of furan rings is 1. The Balaban J connectivity index is 1.53. The summed E-state index contributed by atoms with van der Waals surface area (Å²) in [5, 5.41) is -4.77. The average Bonchev–Trinajstić information content (AvgIpc) is 3.08. The predicted molar refractivity (Wildman–Crippen MR) is 216 cm³/mol. The van der Waals surface area contributed by atoms with Crippen molar-refractivity contribution >= 4 is 43.5 Å². The second kappa shape index (κ2) is 12.0. The minimum absolute atomic E-state index is 0.604. The molecule has 51 heavy (non-hydrogen) atoms. The largest absolute Gasteiger partial charge is 0.455 e. The maximum atomic E-state index is 9.91. The van der Waals surface area contributed by atoms with Crippen LogP contribution >= 0.6 is 0 Å². The van der Waals surface area contributed by atoms with Crippen molar-refractivity contribution in [1.29, 1.82) is 0 Å². The summed E-state index contributed by atoms with van der Waals surface area (Å²) in [7, 11) is 0. The third kappa shape index (κ3) is 4.86. The fourth-order valence-electron chi connectivity index (χ4n) is 5.87. The summed E-state index contributed by atoms with van der Waals surface area (Å²) < 4.78 is 295. The fraction of sp³-hybridized carbons (Fsp3) is 0. The highest BCUT2D eigenvalue weighted by Crippen LogP contribution is 2.48. The molecule has 0 N–H and O–H groups in total. The summed E-state index contributed by atoms with van der Waals surface area (Å²) in [5.74, 6) is 0. The van der Waals surface area contributed by atoms with Crippen LogP contribution in [-0.2, 0) is 0 Å². The van der Waals surface area contributed by atoms with Gasteiger partial charge in [-0.15, -0.1) is 0 Å². The van der Waals surface area contributed by atoms with Gasteiger partial charge in [-0.2, -0.15) is 0 Å². The van der Waals surface area contributed by atoms with E-state index in [0.717, 1.165) is 0 Å². The molecular formula is C50H32O. The van der Waals surface area contributed by atoms with Gasteiger partial charge in [0.05, 0.1) is 43.9 Å². The van der Waals surface area contributed by atoms with Crippen LogP contribution in [-0.4, -0.2) is 0 Å². The van der Waals surface area contributed by atoms with Gasteiger partial charge in [0.15, 0.2) is 0 Å². The molecule has 1 aromatic heterocycles. The molecule has 0 aliphatic carbocycles. The van der Waals surface area contributed by atoms with Crippen LogP contribution in [0.15, 0.2) is 198 Å². The molecule has 10 rings (SSSR count). The lowest BCUT2D eigenvalue weighted by Crippen LogP contribution is -1.93. The number of rotatable bonds is 5. The average molecular weight is 681 g/mol. The van der Waals surface area contributed by atoms with Gasteiger partial charge in [0.1, 0.15) is 11.2 Å². The first-order valence-electron chi connectivity index (χ1n) is 30.9. The Morgan fingerprint density at radius 3 is 1.35 bits per heavy atom. The van der Waals surface area contributed by atoms with Crippen molar-refractivity contribution in [2.75, 3.05) is 0 Å². The van der Waals surface area contributed by atoms with Crippen molar-refractivity contribution in [1.82, 2.24) is 0 Å². The summed E-state index contributed by atoms with van der Waals surface area (Å²) in [6, 6.07) is -33.1. The molecule has 0 radical (unpaired) electrons. The standard InChI is InChI=1S/C50H32O/c1-4-15-33(16-5-1)36-28-30-43(46(31-36)35-19-8-3-9-20-35)48-39-21-10-12-23-41(39)49(42-24-13-11-22-40(42)48)45-26-14-25-44-38-29-27-37(32-47(38)51-50(44)45)34-17-6-2-7-18-34/h1-32H/i1D,2D,3D,4D,5D,6D,7D,8D,9D,10D,11D,12D,13D,14D,15D,16D,17D,18D,19D,20D,21D,22D,23D,24D,25D,26D,27D,28D,29D,30D,31D,32D. The molecule has 1 nitrogen and oxygen atoms in total. The molecule has 0 unspecified atom stereocenters. The van der Waals surface area contributed by atoms with E-state index in [1.807, 2.05) is 0 Å². The number of para-hydroxylation sites is 1. The molecule has 0 aliphatic heterocycles. The number of fused-ring (bicyclic) bond motifs is 5. The molecule has 0 fully saturated rings. The SMILES string of the molecule is [2H]c1c([2H])c([2H])c(-c2c([2H])c([2H])c(-c3c4c([2H])c([2H])c([2H])c([2H])c4c(-c4c([2H])c([2H])c([2H])c5c4oc4c([2H])c(-c6c([2H])c([2H])c([2H])c([2H])c6[2H])c([2H])c([2H])c45)c4c([2H])c([2H])c([2H])c([2H])c34)c(-c3c([2H])c([2H])c([2H])c([2H])c3[2H])c2[2H])c([2H])c1[2H]. The van der Waals surface area contributed by atoms with Gasteiger partial charge in [-0.25, -0.2) is 0 Å². The smallest absolute Gasteiger partial charge is 0.143 e. The van der Waals surface area contributed by atoms with E-state index in [1.165, 1.54) is 0 Å². The maximum absolute atomic E-state index is 9.91. The van der Waals surface area contributed by atoms with E-state index in [-0.39, 0.29) is 0 Å². The lowest BCUT2D eigenvalue weighted by Gasteiger charge is -2.20. The predicted octanol–water partition coefficient (Wildman–Crippen LogP) is 14.2. The molecule has 1 heteroatoms. The van der Waals surface area contributed by atoms with Crippen LogP contribution in [0.2, 0.25) is 0 Å². The van der Waals surface area contributed by atoms with Crippen LogP contribution in [0.4, 0.5) is 0 Å². The molecule has 0 saturated heterocycles. The van der Waals surface area contributed by atoms with Gasteiger partial charge in [-0.3, -0.25) is 0 Å². The number of benzene rings is 9. The van der Waals surface area contributed by atoms with E-state index in [4.69, 9.17) is 29.1 Å². The van der Waals surface area contributed by atoms with E-state index in [1.54, 1.807) is 0 Å². The summed E-state index contributed by atoms with van der Waals surface area (Å²) in [5.41, 5.74) is -10.4. The molecule has 0 amide bonds. The van der Waals surface area contributed by atoms with Crippen LogP contribution in [0.5, 0.6) is 0 Å². The summed E-state index contributed by atoms with van der Waals surface area (Å²) >= 11 is 0. The zero-order valence-corrected chi connectivity index (χ0v) is 25.4. The van der Waals surface area contributed by atoms with E-state index in [9.17, 15) is 19.2 Å². The highest BCUT2D eigenvalue weighted by Gasteiger charge is 2.22. The normalized spacial score (nSPS) is 20.3. The molecule has 0 aliphatic rings. The van der Waals surface area contributed by atoms with Crippen molar-refractivity contribution in [3.8, 4) is 55.6 Å². The van der Waals surface area contributed by atoms with Crippen molar-refractivity contribution in [2.45, 2.75) is 0 Å². The van der Waals surface area contributed by atoms with Crippen molar-refractivity contribution in [3.05, 3.63) is 193 Å². The Hall–Kier alpha value is -6.70. The Labute approximate surface area is 341 Å². The molecule has 1 heterocycles. The van der Waals surface area contributed by atoms with Gasteiger partial charge in [0.2, 0.25) is 0 Å². The minimum atomic E-state index is -1.24. The van der Waals surface area contributed by atoms with Gasteiger partial charge >= 0.3 is 0 Å². The van der Waals surface area contributed by atoms with Crippen LogP contribution in [0, 0.1) is 0 Å². The van der Waals surface area contributed by atoms with E-state index < -0.39 is 292 Å². The molecule has 0 bridgehead atoms. The topological polar surface area (TPSA) is 13.1 Å². The van der Waals surface area contributed by atoms with E-state index in [2.05, 4.69) is 0 Å². The second-order valence-electron chi connectivity index (χ2n) is 10.8. The summed E-state index contributed by atoms with van der Waals surface area (Å²) in [6.45, 7) is 0. The van der Waals surface area contributed by atoms with Crippen molar-refractivity contribution in [2.24, 2.45) is 0 Å². The summed E-state index contributed by atoms with van der Waals surface area (Å²) in [4.78, 5) is 0. The molecule has 0 atom stereocenters. The Morgan fingerprint density at radius 1 is 0.294 bits per heavy atom. The fourth-order valence-corrected chi connectivity index (χ4v) is 5.87. The molecule has 10 aromatic rings. The zero-order chi connectivity index (χ0) is 61.6. The molecule has 9 aromatic carbocycles. The van der Waals surface area contributed by atoms with E-state index >= 15 is 0 Å². The van der Waals surface area contributed by atoms with Gasteiger partial charge in [-0.1, -0.05) is 175 Å². The van der Waals surface area contributed by atoms with E-state index in [0.29, 0.717) is 0 Å². The number of hydrogen-bond acceptors (Lipinski definition) is 1. The van der Waals surface area contributed by atoms with Gasteiger partial charge < -0.3 is 4.42 Å². The van der Waals surface area contributed by atoms with Crippen LogP contribution in [0.3, 0.4) is 0 Å². The highest BCUT2D eigenvalue weighted by molar-refractivity contribution is 6.25. The van der Waals surface area contributed by atoms with Crippen LogP contribution < -0.4 is 0 Å². The third-order valence-corrected chi connectivity index (χ3v) is 8.00. The van der Waals surface area contributed by atoms with Crippen LogP contribution in [0.25, 0.3) is 99.1 Å². The first kappa shape index (κ1) is 11.4. The van der Waals surface area contributed by atoms with Crippen molar-refractivity contribution in [3.63, 3.8) is 0 Å². The first-order valence-corrected chi connectivity index (χ1v) is 14.9. The molecular weight excluding hydrogens is 617 g/mol. The van der Waals surface area contributed by atoms with Gasteiger partial charge in [-0.05, 0) is 84.2 Å². The van der Waals surface area contributed by atoms with Gasteiger partial charge in [0, 0.05) is 21.9 Å². The number of hydrogen-bond donors (Lipinski definition) is 0. The molecule has 0 saturated carbocycles. The third-order valence-electron chi connectivity index (χ3n) is 8.00. The Bertz CT molecular complexity index is 4580. The summed E-state index contributed by atoms with van der Waals surface area (Å²) in [6.07, 6.45) is 0. The Kier molecular flexibility index (Phi) is 2.69. The lowest BCUT2D eigenvalue weighted by molar-refractivity contribution is 0.670. The highest BCUT2D eigenvalue weighted by atomic mass is 16.3. The Morgan fingerprint density at radius 2 is 0.765 bits per heavy atom.